The minimum atomic E-state index is -0.672. The standard InChI is InChI=1S/C29H31FN2O2S/c1-19(20-9-6-5-7-10-20)31-26(33)25-18-35-28(22-11-8-12-24(30)17-22)32(25)27(34)21-13-15-23(16-14-21)29(2,3)4/h5-17,19,25,28H,18H2,1-4H3,(H,31,33). The topological polar surface area (TPSA) is 49.4 Å². The summed E-state index contributed by atoms with van der Waals surface area (Å²) in [5, 5.41) is 2.61. The van der Waals surface area contributed by atoms with Gasteiger partial charge in [-0.3, -0.25) is 9.59 Å². The second kappa shape index (κ2) is 10.2. The van der Waals surface area contributed by atoms with Gasteiger partial charge in [-0.25, -0.2) is 4.39 Å². The van der Waals surface area contributed by atoms with E-state index in [0.717, 1.165) is 11.1 Å². The number of carbonyl (C=O) groups is 2. The van der Waals surface area contributed by atoms with Gasteiger partial charge >= 0.3 is 0 Å². The molecule has 3 aromatic carbocycles. The maximum Gasteiger partial charge on any atom is 0.255 e. The van der Waals surface area contributed by atoms with Gasteiger partial charge in [0.05, 0.1) is 6.04 Å². The van der Waals surface area contributed by atoms with Crippen molar-refractivity contribution in [3.05, 3.63) is 107 Å². The van der Waals surface area contributed by atoms with E-state index in [-0.39, 0.29) is 29.1 Å². The van der Waals surface area contributed by atoms with E-state index in [9.17, 15) is 14.0 Å². The lowest BCUT2D eigenvalue weighted by Crippen LogP contribution is -2.48. The fourth-order valence-electron chi connectivity index (χ4n) is 4.27. The molecule has 0 aliphatic carbocycles. The van der Waals surface area contributed by atoms with Crippen LogP contribution in [0.25, 0.3) is 0 Å². The fourth-order valence-corrected chi connectivity index (χ4v) is 5.69. The summed E-state index contributed by atoms with van der Waals surface area (Å²) in [4.78, 5) is 28.8. The fraction of sp³-hybridized carbons (Fsp3) is 0.310. The normalized spacial score (nSPS) is 18.8. The van der Waals surface area contributed by atoms with E-state index in [4.69, 9.17) is 0 Å². The van der Waals surface area contributed by atoms with Crippen LogP contribution < -0.4 is 5.32 Å². The van der Waals surface area contributed by atoms with E-state index in [1.54, 1.807) is 17.0 Å². The van der Waals surface area contributed by atoms with Crippen molar-refractivity contribution >= 4 is 23.6 Å². The first kappa shape index (κ1) is 25.0. The molecule has 4 rings (SSSR count). The maximum absolute atomic E-state index is 14.1. The van der Waals surface area contributed by atoms with Crippen LogP contribution in [0, 0.1) is 5.82 Å². The van der Waals surface area contributed by atoms with Gasteiger partial charge in [-0.1, -0.05) is 75.4 Å². The SMILES string of the molecule is CC(NC(=O)C1CSC(c2cccc(F)c2)N1C(=O)c1ccc(C(C)(C)C)cc1)c1ccccc1. The van der Waals surface area contributed by atoms with Crippen LogP contribution in [-0.2, 0) is 10.2 Å². The zero-order valence-electron chi connectivity index (χ0n) is 20.5. The number of carbonyl (C=O) groups excluding carboxylic acids is 2. The predicted octanol–water partition coefficient (Wildman–Crippen LogP) is 6.26. The van der Waals surface area contributed by atoms with E-state index in [2.05, 4.69) is 26.1 Å². The molecule has 1 N–H and O–H groups in total. The molecule has 4 nitrogen and oxygen atoms in total. The minimum absolute atomic E-state index is 0.0365. The monoisotopic (exact) mass is 490 g/mol. The average Bonchev–Trinajstić information content (AvgIpc) is 3.29. The molecule has 3 unspecified atom stereocenters. The highest BCUT2D eigenvalue weighted by Crippen LogP contribution is 2.42. The lowest BCUT2D eigenvalue weighted by Gasteiger charge is -2.30. The quantitative estimate of drug-likeness (QED) is 0.459. The van der Waals surface area contributed by atoms with Crippen molar-refractivity contribution in [2.45, 2.75) is 50.6 Å². The van der Waals surface area contributed by atoms with Gasteiger partial charge in [0, 0.05) is 11.3 Å². The van der Waals surface area contributed by atoms with Gasteiger partial charge in [0.2, 0.25) is 5.91 Å². The molecule has 6 heteroatoms. The van der Waals surface area contributed by atoms with Crippen molar-refractivity contribution in [3.8, 4) is 0 Å². The Labute approximate surface area is 210 Å². The van der Waals surface area contributed by atoms with Crippen LogP contribution in [0.5, 0.6) is 0 Å². The summed E-state index contributed by atoms with van der Waals surface area (Å²) in [6.07, 6.45) is 0. The second-order valence-electron chi connectivity index (χ2n) is 9.94. The van der Waals surface area contributed by atoms with Gasteiger partial charge in [-0.2, -0.15) is 0 Å². The van der Waals surface area contributed by atoms with Gasteiger partial charge in [0.15, 0.2) is 0 Å². The van der Waals surface area contributed by atoms with E-state index >= 15 is 0 Å². The number of benzene rings is 3. The number of thioether (sulfide) groups is 1. The van der Waals surface area contributed by atoms with E-state index < -0.39 is 11.4 Å². The first-order valence-corrected chi connectivity index (χ1v) is 12.9. The molecule has 0 radical (unpaired) electrons. The van der Waals surface area contributed by atoms with Crippen LogP contribution in [0.1, 0.15) is 66.2 Å². The molecule has 3 atom stereocenters. The van der Waals surface area contributed by atoms with Gasteiger partial charge in [0.1, 0.15) is 17.2 Å². The summed E-state index contributed by atoms with van der Waals surface area (Å²) in [5.74, 6) is -0.388. The second-order valence-corrected chi connectivity index (χ2v) is 11.1. The summed E-state index contributed by atoms with van der Waals surface area (Å²) in [6, 6.07) is 22.6. The Bertz CT molecular complexity index is 1190. The Balaban J connectivity index is 1.64. The number of nitrogens with one attached hydrogen (secondary N) is 1. The Morgan fingerprint density at radius 3 is 2.31 bits per heavy atom. The third kappa shape index (κ3) is 5.59. The lowest BCUT2D eigenvalue weighted by molar-refractivity contribution is -0.125. The Hall–Kier alpha value is -3.12. The Morgan fingerprint density at radius 1 is 1.00 bits per heavy atom. The van der Waals surface area contributed by atoms with E-state index in [1.807, 2.05) is 61.5 Å². The van der Waals surface area contributed by atoms with E-state index in [0.29, 0.717) is 16.9 Å². The summed E-state index contributed by atoms with van der Waals surface area (Å²) >= 11 is 1.48. The summed E-state index contributed by atoms with van der Waals surface area (Å²) in [7, 11) is 0. The van der Waals surface area contributed by atoms with Gasteiger partial charge < -0.3 is 10.2 Å². The molecular formula is C29H31FN2O2S. The van der Waals surface area contributed by atoms with Crippen LogP contribution in [-0.4, -0.2) is 28.5 Å². The molecule has 0 aromatic heterocycles. The molecule has 1 saturated heterocycles. The predicted molar refractivity (Wildman–Crippen MR) is 140 cm³/mol. The summed E-state index contributed by atoms with van der Waals surface area (Å²) in [6.45, 7) is 8.29. The molecule has 35 heavy (non-hydrogen) atoms. The zero-order chi connectivity index (χ0) is 25.2. The first-order valence-electron chi connectivity index (χ1n) is 11.8. The van der Waals surface area contributed by atoms with Crippen LogP contribution in [0.2, 0.25) is 0 Å². The number of hydrogen-bond acceptors (Lipinski definition) is 3. The number of amides is 2. The third-order valence-electron chi connectivity index (χ3n) is 6.33. The van der Waals surface area contributed by atoms with Crippen molar-refractivity contribution in [2.24, 2.45) is 0 Å². The summed E-state index contributed by atoms with van der Waals surface area (Å²) < 4.78 is 14.1. The van der Waals surface area contributed by atoms with E-state index in [1.165, 1.54) is 23.9 Å². The van der Waals surface area contributed by atoms with Crippen LogP contribution in [0.15, 0.2) is 78.9 Å². The maximum atomic E-state index is 14.1. The lowest BCUT2D eigenvalue weighted by atomic mass is 9.86. The highest BCUT2D eigenvalue weighted by molar-refractivity contribution is 7.99. The molecular weight excluding hydrogens is 459 g/mol. The summed E-state index contributed by atoms with van der Waals surface area (Å²) in [5.41, 5.74) is 3.25. The minimum Gasteiger partial charge on any atom is -0.348 e. The van der Waals surface area contributed by atoms with Crippen molar-refractivity contribution in [3.63, 3.8) is 0 Å². The molecule has 1 heterocycles. The zero-order valence-corrected chi connectivity index (χ0v) is 21.3. The van der Waals surface area contributed by atoms with Crippen molar-refractivity contribution in [1.82, 2.24) is 10.2 Å². The molecule has 182 valence electrons. The molecule has 3 aromatic rings. The van der Waals surface area contributed by atoms with Gasteiger partial charge in [-0.15, -0.1) is 11.8 Å². The van der Waals surface area contributed by atoms with Crippen molar-refractivity contribution in [2.75, 3.05) is 5.75 Å². The molecule has 1 aliphatic heterocycles. The van der Waals surface area contributed by atoms with Crippen LogP contribution in [0.3, 0.4) is 0 Å². The van der Waals surface area contributed by atoms with Gasteiger partial charge in [0.25, 0.3) is 5.91 Å². The number of rotatable bonds is 5. The average molecular weight is 491 g/mol. The Morgan fingerprint density at radius 2 is 1.69 bits per heavy atom. The Kier molecular flexibility index (Phi) is 7.31. The van der Waals surface area contributed by atoms with Gasteiger partial charge in [-0.05, 0) is 53.3 Å². The van der Waals surface area contributed by atoms with Crippen molar-refractivity contribution in [1.29, 1.82) is 0 Å². The third-order valence-corrected chi connectivity index (χ3v) is 7.65. The highest BCUT2D eigenvalue weighted by atomic mass is 32.2. The smallest absolute Gasteiger partial charge is 0.255 e. The number of halogens is 1. The largest absolute Gasteiger partial charge is 0.348 e. The van der Waals surface area contributed by atoms with Crippen LogP contribution in [0.4, 0.5) is 4.39 Å². The molecule has 0 bridgehead atoms. The molecule has 2 amide bonds. The molecule has 1 fully saturated rings. The number of nitrogens with zero attached hydrogens (tertiary/aromatic N) is 1. The molecule has 0 saturated carbocycles. The van der Waals surface area contributed by atoms with Crippen molar-refractivity contribution < 1.29 is 14.0 Å². The van der Waals surface area contributed by atoms with Crippen LogP contribution >= 0.6 is 11.8 Å². The molecule has 0 spiro atoms. The molecule has 1 aliphatic rings. The highest BCUT2D eigenvalue weighted by Gasteiger charge is 2.43. The first-order chi connectivity index (χ1) is 16.6. The number of hydrogen-bond donors (Lipinski definition) is 1.